The maximum atomic E-state index is 12.2. The van der Waals surface area contributed by atoms with Gasteiger partial charge in [-0.2, -0.15) is 0 Å². The van der Waals surface area contributed by atoms with Crippen molar-refractivity contribution < 1.29 is 8.42 Å². The molecule has 2 aromatic heterocycles. The van der Waals surface area contributed by atoms with E-state index < -0.39 is 9.84 Å². The van der Waals surface area contributed by atoms with Crippen LogP contribution in [0.2, 0.25) is 0 Å². The third-order valence-corrected chi connectivity index (χ3v) is 6.63. The van der Waals surface area contributed by atoms with Crippen LogP contribution >= 0.6 is 0 Å². The Labute approximate surface area is 177 Å². The molecule has 4 rings (SSSR count). The van der Waals surface area contributed by atoms with E-state index >= 15 is 0 Å². The van der Waals surface area contributed by atoms with E-state index in [1.54, 1.807) is 22.9 Å². The SMILES string of the molecule is C[C@@H]1CCN(c2nc(C(C)(C)C)nc3c2nnn3Cc2ccccc2S(C)(=O)=O)C1. The van der Waals surface area contributed by atoms with Crippen LogP contribution in [0.4, 0.5) is 5.82 Å². The second kappa shape index (κ2) is 7.30. The zero-order chi connectivity index (χ0) is 21.7. The van der Waals surface area contributed by atoms with Gasteiger partial charge in [0.2, 0.25) is 0 Å². The van der Waals surface area contributed by atoms with Crippen LogP contribution in [0.25, 0.3) is 11.2 Å². The summed E-state index contributed by atoms with van der Waals surface area (Å²) in [5, 5.41) is 8.73. The highest BCUT2D eigenvalue weighted by Gasteiger charge is 2.28. The molecule has 0 bridgehead atoms. The molecule has 1 aliphatic rings. The highest BCUT2D eigenvalue weighted by Crippen LogP contribution is 2.30. The minimum Gasteiger partial charge on any atom is -0.354 e. The molecule has 30 heavy (non-hydrogen) atoms. The van der Waals surface area contributed by atoms with E-state index in [9.17, 15) is 8.42 Å². The molecular weight excluding hydrogens is 400 g/mol. The number of sulfone groups is 1. The lowest BCUT2D eigenvalue weighted by Crippen LogP contribution is -2.24. The van der Waals surface area contributed by atoms with Crippen molar-refractivity contribution in [2.45, 2.75) is 51.0 Å². The molecule has 0 aliphatic carbocycles. The molecule has 1 atom stereocenters. The highest BCUT2D eigenvalue weighted by atomic mass is 32.2. The van der Waals surface area contributed by atoms with Gasteiger partial charge in [-0.25, -0.2) is 23.1 Å². The van der Waals surface area contributed by atoms with Gasteiger partial charge in [-0.05, 0) is 24.0 Å². The molecule has 3 heterocycles. The molecule has 0 N–H and O–H groups in total. The Morgan fingerprint density at radius 1 is 1.17 bits per heavy atom. The van der Waals surface area contributed by atoms with Gasteiger partial charge in [0.15, 0.2) is 26.8 Å². The van der Waals surface area contributed by atoms with Gasteiger partial charge < -0.3 is 4.90 Å². The quantitative estimate of drug-likeness (QED) is 0.631. The molecule has 0 spiro atoms. The third-order valence-electron chi connectivity index (χ3n) is 5.43. The van der Waals surface area contributed by atoms with Gasteiger partial charge >= 0.3 is 0 Å². The zero-order valence-electron chi connectivity index (χ0n) is 18.1. The summed E-state index contributed by atoms with van der Waals surface area (Å²) in [5.41, 5.74) is 1.72. The van der Waals surface area contributed by atoms with Crippen molar-refractivity contribution in [1.29, 1.82) is 0 Å². The van der Waals surface area contributed by atoms with E-state index in [2.05, 4.69) is 42.9 Å². The number of anilines is 1. The average Bonchev–Trinajstić information content (AvgIpc) is 3.26. The average molecular weight is 429 g/mol. The number of fused-ring (bicyclic) bond motifs is 1. The van der Waals surface area contributed by atoms with Crippen LogP contribution < -0.4 is 4.90 Å². The number of benzene rings is 1. The number of rotatable bonds is 4. The second-order valence-corrected chi connectivity index (χ2v) is 11.2. The number of hydrogen-bond acceptors (Lipinski definition) is 7. The highest BCUT2D eigenvalue weighted by molar-refractivity contribution is 7.90. The van der Waals surface area contributed by atoms with Crippen LogP contribution in [0.3, 0.4) is 0 Å². The Balaban J connectivity index is 1.85. The largest absolute Gasteiger partial charge is 0.354 e. The first-order valence-corrected chi connectivity index (χ1v) is 12.1. The van der Waals surface area contributed by atoms with E-state index in [0.717, 1.165) is 31.2 Å². The lowest BCUT2D eigenvalue weighted by atomic mass is 9.96. The van der Waals surface area contributed by atoms with Crippen LogP contribution in [0.15, 0.2) is 29.2 Å². The van der Waals surface area contributed by atoms with Crippen molar-refractivity contribution >= 4 is 26.8 Å². The van der Waals surface area contributed by atoms with Gasteiger partial charge in [-0.15, -0.1) is 5.10 Å². The van der Waals surface area contributed by atoms with Crippen LogP contribution in [0.5, 0.6) is 0 Å². The summed E-state index contributed by atoms with van der Waals surface area (Å²) >= 11 is 0. The maximum absolute atomic E-state index is 12.2. The molecular formula is C21H28N6O2S. The van der Waals surface area contributed by atoms with E-state index in [4.69, 9.17) is 9.97 Å². The molecule has 0 unspecified atom stereocenters. The number of aromatic nitrogens is 5. The fraction of sp³-hybridized carbons (Fsp3) is 0.524. The number of hydrogen-bond donors (Lipinski definition) is 0. The molecule has 8 nitrogen and oxygen atoms in total. The summed E-state index contributed by atoms with van der Waals surface area (Å²) in [5.74, 6) is 2.14. The lowest BCUT2D eigenvalue weighted by molar-refractivity contribution is 0.544. The maximum Gasteiger partial charge on any atom is 0.184 e. The minimum absolute atomic E-state index is 0.242. The standard InChI is InChI=1S/C21H28N6O2S/c1-14-10-11-26(12-14)18-17-19(23-20(22-18)21(2,3)4)27(25-24-17)13-15-8-6-7-9-16(15)30(5,28)29/h6-9,14H,10-13H2,1-5H3/t14-/m1/s1. The topological polar surface area (TPSA) is 93.9 Å². The van der Waals surface area contributed by atoms with E-state index in [0.29, 0.717) is 27.5 Å². The van der Waals surface area contributed by atoms with Crippen LogP contribution in [0.1, 0.15) is 45.5 Å². The summed E-state index contributed by atoms with van der Waals surface area (Å²) in [6.07, 6.45) is 2.34. The van der Waals surface area contributed by atoms with E-state index in [-0.39, 0.29) is 12.0 Å². The van der Waals surface area contributed by atoms with E-state index in [1.807, 2.05) is 6.07 Å². The van der Waals surface area contributed by atoms with Crippen molar-refractivity contribution in [2.75, 3.05) is 24.2 Å². The molecule has 3 aromatic rings. The smallest absolute Gasteiger partial charge is 0.184 e. The summed E-state index contributed by atoms with van der Waals surface area (Å²) in [7, 11) is -3.35. The van der Waals surface area contributed by atoms with Gasteiger partial charge in [-0.1, -0.05) is 51.1 Å². The van der Waals surface area contributed by atoms with Crippen molar-refractivity contribution in [3.63, 3.8) is 0 Å². The molecule has 1 saturated heterocycles. The summed E-state index contributed by atoms with van der Waals surface area (Å²) in [6, 6.07) is 6.98. The Kier molecular flexibility index (Phi) is 5.04. The molecule has 1 aromatic carbocycles. The first-order valence-electron chi connectivity index (χ1n) is 10.2. The molecule has 1 aliphatic heterocycles. The molecule has 1 fully saturated rings. The molecule has 0 radical (unpaired) electrons. The Bertz CT molecular complexity index is 1200. The second-order valence-electron chi connectivity index (χ2n) is 9.26. The predicted molar refractivity (Wildman–Crippen MR) is 116 cm³/mol. The van der Waals surface area contributed by atoms with Crippen molar-refractivity contribution in [3.8, 4) is 0 Å². The van der Waals surface area contributed by atoms with E-state index in [1.165, 1.54) is 6.26 Å². The van der Waals surface area contributed by atoms with Crippen molar-refractivity contribution in [1.82, 2.24) is 25.0 Å². The zero-order valence-corrected chi connectivity index (χ0v) is 18.9. The summed E-state index contributed by atoms with van der Waals surface area (Å²) < 4.78 is 26.1. The summed E-state index contributed by atoms with van der Waals surface area (Å²) in [4.78, 5) is 12.2. The molecule has 0 amide bonds. The minimum atomic E-state index is -3.35. The first kappa shape index (κ1) is 20.7. The van der Waals surface area contributed by atoms with Crippen LogP contribution in [-0.4, -0.2) is 52.7 Å². The fourth-order valence-corrected chi connectivity index (χ4v) is 4.72. The van der Waals surface area contributed by atoms with Gasteiger partial charge in [0, 0.05) is 24.8 Å². The first-order chi connectivity index (χ1) is 14.0. The Hall–Kier alpha value is -2.55. The monoisotopic (exact) mass is 428 g/mol. The normalized spacial score (nSPS) is 17.8. The fourth-order valence-electron chi connectivity index (χ4n) is 3.79. The van der Waals surface area contributed by atoms with Crippen LogP contribution in [0, 0.1) is 5.92 Å². The van der Waals surface area contributed by atoms with Gasteiger partial charge in [0.25, 0.3) is 0 Å². The van der Waals surface area contributed by atoms with Crippen molar-refractivity contribution in [3.05, 3.63) is 35.7 Å². The molecule has 0 saturated carbocycles. The molecule has 160 valence electrons. The van der Waals surface area contributed by atoms with Gasteiger partial charge in [-0.3, -0.25) is 0 Å². The lowest BCUT2D eigenvalue weighted by Gasteiger charge is -2.22. The predicted octanol–water partition coefficient (Wildman–Crippen LogP) is 2.82. The van der Waals surface area contributed by atoms with Crippen molar-refractivity contribution in [2.24, 2.45) is 5.92 Å². The van der Waals surface area contributed by atoms with Gasteiger partial charge in [0.05, 0.1) is 11.4 Å². The van der Waals surface area contributed by atoms with Crippen LogP contribution in [-0.2, 0) is 21.8 Å². The Morgan fingerprint density at radius 2 is 1.90 bits per heavy atom. The van der Waals surface area contributed by atoms with Gasteiger partial charge in [0.1, 0.15) is 5.82 Å². The molecule has 9 heteroatoms. The Morgan fingerprint density at radius 3 is 2.53 bits per heavy atom. The number of nitrogens with zero attached hydrogens (tertiary/aromatic N) is 6. The third kappa shape index (κ3) is 3.90. The summed E-state index contributed by atoms with van der Waals surface area (Å²) in [6.45, 7) is 10.6.